The van der Waals surface area contributed by atoms with Crippen LogP contribution in [-0.2, 0) is 4.74 Å². The van der Waals surface area contributed by atoms with Crippen LogP contribution in [-0.4, -0.2) is 35.7 Å². The Hall–Kier alpha value is -0.770. The van der Waals surface area contributed by atoms with E-state index < -0.39 is 5.60 Å². The molecule has 16 heavy (non-hydrogen) atoms. The molecule has 1 aliphatic heterocycles. The largest absolute Gasteiger partial charge is 0.444 e. The molecule has 0 spiro atoms. The molecule has 0 aromatic carbocycles. The van der Waals surface area contributed by atoms with Gasteiger partial charge in [-0.2, -0.15) is 0 Å². The monoisotopic (exact) mass is 228 g/mol. The van der Waals surface area contributed by atoms with E-state index >= 15 is 0 Å². The van der Waals surface area contributed by atoms with Crippen LogP contribution < -0.4 is 5.73 Å². The van der Waals surface area contributed by atoms with E-state index in [1.165, 1.54) is 0 Å². The molecule has 0 aliphatic carbocycles. The predicted molar refractivity (Wildman–Crippen MR) is 64.2 cm³/mol. The van der Waals surface area contributed by atoms with Gasteiger partial charge in [-0.25, -0.2) is 4.79 Å². The van der Waals surface area contributed by atoms with Gasteiger partial charge in [0.05, 0.1) is 0 Å². The summed E-state index contributed by atoms with van der Waals surface area (Å²) in [5.41, 5.74) is 5.26. The van der Waals surface area contributed by atoms with Crippen LogP contribution in [0.15, 0.2) is 0 Å². The molecule has 1 rings (SSSR count). The van der Waals surface area contributed by atoms with Gasteiger partial charge in [0, 0.05) is 19.1 Å². The Balaban J connectivity index is 2.63. The van der Waals surface area contributed by atoms with Gasteiger partial charge >= 0.3 is 6.09 Å². The zero-order valence-electron chi connectivity index (χ0n) is 10.8. The molecule has 1 heterocycles. The van der Waals surface area contributed by atoms with Gasteiger partial charge in [-0.3, -0.25) is 0 Å². The number of likely N-dealkylation sites (tertiary alicyclic amines) is 1. The number of amides is 1. The second-order valence-corrected chi connectivity index (χ2v) is 5.70. The number of hydrogen-bond donors (Lipinski definition) is 1. The standard InChI is InChI=1S/C12H24N2O2/c1-9-5-6-10(7-13)14(8-9)11(15)16-12(2,3)4/h9-10H,5-8,13H2,1-4H3/t9-,10+/m1/s1. The molecule has 0 unspecified atom stereocenters. The lowest BCUT2D eigenvalue weighted by Crippen LogP contribution is -2.51. The Bertz CT molecular complexity index is 248. The summed E-state index contributed by atoms with van der Waals surface area (Å²) in [6.45, 7) is 9.09. The van der Waals surface area contributed by atoms with E-state index in [-0.39, 0.29) is 12.1 Å². The molecule has 0 aromatic rings. The summed E-state index contributed by atoms with van der Waals surface area (Å²) >= 11 is 0. The van der Waals surface area contributed by atoms with Crippen molar-refractivity contribution in [2.75, 3.05) is 13.1 Å². The molecule has 1 fully saturated rings. The van der Waals surface area contributed by atoms with Gasteiger partial charge in [-0.1, -0.05) is 6.92 Å². The third-order valence-corrected chi connectivity index (χ3v) is 2.84. The zero-order chi connectivity index (χ0) is 12.3. The molecule has 1 aliphatic rings. The van der Waals surface area contributed by atoms with Crippen molar-refractivity contribution < 1.29 is 9.53 Å². The van der Waals surface area contributed by atoms with Crippen LogP contribution in [0.25, 0.3) is 0 Å². The van der Waals surface area contributed by atoms with Gasteiger partial charge in [0.2, 0.25) is 0 Å². The number of nitrogens with zero attached hydrogens (tertiary/aromatic N) is 1. The van der Waals surface area contributed by atoms with Crippen molar-refractivity contribution in [2.24, 2.45) is 11.7 Å². The number of piperidine rings is 1. The third kappa shape index (κ3) is 3.67. The molecule has 0 aromatic heterocycles. The summed E-state index contributed by atoms with van der Waals surface area (Å²) < 4.78 is 5.39. The lowest BCUT2D eigenvalue weighted by molar-refractivity contribution is 0.00525. The fourth-order valence-electron chi connectivity index (χ4n) is 2.00. The van der Waals surface area contributed by atoms with E-state index in [0.717, 1.165) is 19.4 Å². The molecule has 4 nitrogen and oxygen atoms in total. The van der Waals surface area contributed by atoms with Gasteiger partial charge in [-0.05, 0) is 39.5 Å². The SMILES string of the molecule is C[C@@H]1CC[C@@H](CN)N(C(=O)OC(C)(C)C)C1. The fourth-order valence-corrected chi connectivity index (χ4v) is 2.00. The highest BCUT2D eigenvalue weighted by atomic mass is 16.6. The van der Waals surface area contributed by atoms with Crippen molar-refractivity contribution in [1.29, 1.82) is 0 Å². The summed E-state index contributed by atoms with van der Waals surface area (Å²) in [7, 11) is 0. The predicted octanol–water partition coefficient (Wildman–Crippen LogP) is 1.98. The first-order valence-corrected chi connectivity index (χ1v) is 6.03. The van der Waals surface area contributed by atoms with Gasteiger partial charge in [-0.15, -0.1) is 0 Å². The van der Waals surface area contributed by atoms with Crippen LogP contribution >= 0.6 is 0 Å². The molecular formula is C12H24N2O2. The van der Waals surface area contributed by atoms with Gasteiger partial charge in [0.25, 0.3) is 0 Å². The highest BCUT2D eigenvalue weighted by Crippen LogP contribution is 2.23. The van der Waals surface area contributed by atoms with E-state index in [1.54, 1.807) is 4.90 Å². The Morgan fingerprint density at radius 2 is 2.06 bits per heavy atom. The molecule has 1 amide bonds. The molecule has 0 radical (unpaired) electrons. The van der Waals surface area contributed by atoms with Crippen LogP contribution in [0, 0.1) is 5.92 Å². The van der Waals surface area contributed by atoms with Crippen molar-refractivity contribution >= 4 is 6.09 Å². The first-order chi connectivity index (χ1) is 7.33. The first kappa shape index (κ1) is 13.3. The van der Waals surface area contributed by atoms with Crippen LogP contribution in [0.1, 0.15) is 40.5 Å². The smallest absolute Gasteiger partial charge is 0.410 e. The number of carbonyl (C=O) groups is 1. The molecule has 2 atom stereocenters. The maximum absolute atomic E-state index is 12.0. The Labute approximate surface area is 98.1 Å². The van der Waals surface area contributed by atoms with Crippen molar-refractivity contribution in [3.8, 4) is 0 Å². The lowest BCUT2D eigenvalue weighted by atomic mass is 9.94. The van der Waals surface area contributed by atoms with Gasteiger partial charge in [0.1, 0.15) is 5.60 Å². The van der Waals surface area contributed by atoms with Gasteiger partial charge < -0.3 is 15.4 Å². The molecule has 0 bridgehead atoms. The molecular weight excluding hydrogens is 204 g/mol. The van der Waals surface area contributed by atoms with Crippen molar-refractivity contribution in [3.63, 3.8) is 0 Å². The van der Waals surface area contributed by atoms with Crippen LogP contribution in [0.3, 0.4) is 0 Å². The van der Waals surface area contributed by atoms with E-state index in [2.05, 4.69) is 6.92 Å². The summed E-state index contributed by atoms with van der Waals surface area (Å²) in [5.74, 6) is 0.537. The first-order valence-electron chi connectivity index (χ1n) is 6.03. The van der Waals surface area contributed by atoms with E-state index in [0.29, 0.717) is 12.5 Å². The topological polar surface area (TPSA) is 55.6 Å². The molecule has 94 valence electrons. The number of rotatable bonds is 1. The number of carbonyl (C=O) groups excluding carboxylic acids is 1. The number of nitrogens with two attached hydrogens (primary N) is 1. The maximum atomic E-state index is 12.0. The Morgan fingerprint density at radius 1 is 1.44 bits per heavy atom. The number of hydrogen-bond acceptors (Lipinski definition) is 3. The highest BCUT2D eigenvalue weighted by Gasteiger charge is 2.31. The average molecular weight is 228 g/mol. The van der Waals surface area contributed by atoms with E-state index in [1.807, 2.05) is 20.8 Å². The zero-order valence-corrected chi connectivity index (χ0v) is 10.8. The van der Waals surface area contributed by atoms with Crippen molar-refractivity contribution in [2.45, 2.75) is 52.2 Å². The van der Waals surface area contributed by atoms with Gasteiger partial charge in [0.15, 0.2) is 0 Å². The average Bonchev–Trinajstić information content (AvgIpc) is 2.15. The number of ether oxygens (including phenoxy) is 1. The van der Waals surface area contributed by atoms with Crippen LogP contribution in [0.2, 0.25) is 0 Å². The summed E-state index contributed by atoms with van der Waals surface area (Å²) in [6.07, 6.45) is 1.90. The minimum atomic E-state index is -0.434. The molecule has 4 heteroatoms. The second-order valence-electron chi connectivity index (χ2n) is 5.70. The molecule has 0 saturated carbocycles. The van der Waals surface area contributed by atoms with E-state index in [9.17, 15) is 4.79 Å². The van der Waals surface area contributed by atoms with Crippen molar-refractivity contribution in [3.05, 3.63) is 0 Å². The quantitative estimate of drug-likeness (QED) is 0.746. The summed E-state index contributed by atoms with van der Waals surface area (Å²) in [4.78, 5) is 13.8. The maximum Gasteiger partial charge on any atom is 0.410 e. The Morgan fingerprint density at radius 3 is 2.56 bits per heavy atom. The van der Waals surface area contributed by atoms with Crippen LogP contribution in [0.5, 0.6) is 0 Å². The highest BCUT2D eigenvalue weighted by molar-refractivity contribution is 5.68. The molecule has 1 saturated heterocycles. The van der Waals surface area contributed by atoms with Crippen LogP contribution in [0.4, 0.5) is 4.79 Å². The van der Waals surface area contributed by atoms with Crippen molar-refractivity contribution in [1.82, 2.24) is 4.90 Å². The fraction of sp³-hybridized carbons (Fsp3) is 0.917. The minimum Gasteiger partial charge on any atom is -0.444 e. The minimum absolute atomic E-state index is 0.144. The lowest BCUT2D eigenvalue weighted by Gasteiger charge is -2.38. The summed E-state index contributed by atoms with van der Waals surface area (Å²) in [5, 5.41) is 0. The molecule has 2 N–H and O–H groups in total. The normalized spacial score (nSPS) is 26.7. The summed E-state index contributed by atoms with van der Waals surface area (Å²) in [6, 6.07) is 0.144. The van der Waals surface area contributed by atoms with E-state index in [4.69, 9.17) is 10.5 Å². The third-order valence-electron chi connectivity index (χ3n) is 2.84. The second kappa shape index (κ2) is 5.04. The Kier molecular flexibility index (Phi) is 4.19.